The summed E-state index contributed by atoms with van der Waals surface area (Å²) in [7, 11) is 0. The van der Waals surface area contributed by atoms with Crippen LogP contribution in [-0.4, -0.2) is 41.5 Å². The molecule has 2 amide bonds. The molecule has 2 aromatic rings. The Morgan fingerprint density at radius 1 is 1.24 bits per heavy atom. The highest BCUT2D eigenvalue weighted by atomic mass is 35.5. The first kappa shape index (κ1) is 21.5. The highest BCUT2D eigenvalue weighted by Gasteiger charge is 2.32. The molecule has 2 aromatic carbocycles. The van der Waals surface area contributed by atoms with Crippen molar-refractivity contribution in [2.24, 2.45) is 0 Å². The summed E-state index contributed by atoms with van der Waals surface area (Å²) in [5.41, 5.74) is 0.315. The predicted molar refractivity (Wildman–Crippen MR) is 108 cm³/mol. The number of nitrogens with one attached hydrogen (secondary N) is 1. The van der Waals surface area contributed by atoms with E-state index in [2.05, 4.69) is 22.3 Å². The minimum Gasteiger partial charge on any atom is -0.320 e. The van der Waals surface area contributed by atoms with Gasteiger partial charge in [0.15, 0.2) is 0 Å². The van der Waals surface area contributed by atoms with Crippen molar-refractivity contribution in [2.75, 3.05) is 25.0 Å². The zero-order valence-electron chi connectivity index (χ0n) is 16.0. The molecule has 1 N–H and O–H groups in total. The molecular formula is C21H23ClF3N3O. The van der Waals surface area contributed by atoms with E-state index in [1.54, 1.807) is 4.90 Å². The van der Waals surface area contributed by atoms with Crippen molar-refractivity contribution >= 4 is 23.3 Å². The number of amides is 2. The Labute approximate surface area is 173 Å². The van der Waals surface area contributed by atoms with Gasteiger partial charge in [-0.25, -0.2) is 4.79 Å². The third kappa shape index (κ3) is 5.42. The van der Waals surface area contributed by atoms with Gasteiger partial charge in [-0.05, 0) is 37.1 Å². The first-order valence-corrected chi connectivity index (χ1v) is 9.86. The van der Waals surface area contributed by atoms with E-state index >= 15 is 0 Å². The van der Waals surface area contributed by atoms with Gasteiger partial charge in [0, 0.05) is 32.2 Å². The lowest BCUT2D eigenvalue weighted by Crippen LogP contribution is -2.44. The van der Waals surface area contributed by atoms with Gasteiger partial charge in [-0.3, -0.25) is 4.90 Å². The number of halogens is 4. The SMILES string of the molecule is CCN(C(=O)Nc1cc(C(F)(F)F)ccc1Cl)C1CCN(Cc2ccccc2)C1. The van der Waals surface area contributed by atoms with Crippen LogP contribution in [0.25, 0.3) is 0 Å². The summed E-state index contributed by atoms with van der Waals surface area (Å²) >= 11 is 6.00. The second-order valence-corrected chi connectivity index (χ2v) is 7.48. The Kier molecular flexibility index (Phi) is 6.70. The molecule has 0 aromatic heterocycles. The van der Waals surface area contributed by atoms with E-state index in [0.29, 0.717) is 13.1 Å². The molecule has 29 heavy (non-hydrogen) atoms. The van der Waals surface area contributed by atoms with E-state index in [1.165, 1.54) is 5.56 Å². The highest BCUT2D eigenvalue weighted by molar-refractivity contribution is 6.33. The number of carbonyl (C=O) groups is 1. The van der Waals surface area contributed by atoms with E-state index in [-0.39, 0.29) is 16.8 Å². The average molecular weight is 426 g/mol. The molecule has 1 atom stereocenters. The zero-order valence-corrected chi connectivity index (χ0v) is 16.8. The number of carbonyl (C=O) groups excluding carboxylic acids is 1. The Bertz CT molecular complexity index is 845. The van der Waals surface area contributed by atoms with E-state index < -0.39 is 17.8 Å². The van der Waals surface area contributed by atoms with Crippen LogP contribution in [-0.2, 0) is 12.7 Å². The van der Waals surface area contributed by atoms with Gasteiger partial charge in [-0.2, -0.15) is 13.2 Å². The number of hydrogen-bond donors (Lipinski definition) is 1. The summed E-state index contributed by atoms with van der Waals surface area (Å²) in [6.45, 7) is 4.68. The maximum absolute atomic E-state index is 13.0. The second kappa shape index (κ2) is 9.05. The number of rotatable bonds is 5. The van der Waals surface area contributed by atoms with Gasteiger partial charge in [0.1, 0.15) is 0 Å². The number of likely N-dealkylation sites (N-methyl/N-ethyl adjacent to an activating group) is 1. The number of likely N-dealkylation sites (tertiary alicyclic amines) is 1. The Hall–Kier alpha value is -2.25. The monoisotopic (exact) mass is 425 g/mol. The van der Waals surface area contributed by atoms with Crippen molar-refractivity contribution in [3.05, 3.63) is 64.7 Å². The minimum absolute atomic E-state index is 0.00622. The maximum Gasteiger partial charge on any atom is 0.416 e. The van der Waals surface area contributed by atoms with Crippen molar-refractivity contribution in [3.63, 3.8) is 0 Å². The van der Waals surface area contributed by atoms with Gasteiger partial charge in [0.25, 0.3) is 0 Å². The largest absolute Gasteiger partial charge is 0.416 e. The smallest absolute Gasteiger partial charge is 0.320 e. The first-order valence-electron chi connectivity index (χ1n) is 9.48. The number of urea groups is 1. The molecule has 0 spiro atoms. The van der Waals surface area contributed by atoms with Crippen molar-refractivity contribution < 1.29 is 18.0 Å². The second-order valence-electron chi connectivity index (χ2n) is 7.07. The Balaban J connectivity index is 1.65. The molecule has 4 nitrogen and oxygen atoms in total. The quantitative estimate of drug-likeness (QED) is 0.687. The van der Waals surface area contributed by atoms with Crippen LogP contribution >= 0.6 is 11.6 Å². The molecule has 1 fully saturated rings. The highest BCUT2D eigenvalue weighted by Crippen LogP contribution is 2.34. The van der Waals surface area contributed by atoms with Crippen LogP contribution in [0.4, 0.5) is 23.7 Å². The topological polar surface area (TPSA) is 35.6 Å². The predicted octanol–water partition coefficient (Wildman–Crippen LogP) is 5.49. The van der Waals surface area contributed by atoms with Gasteiger partial charge < -0.3 is 10.2 Å². The lowest BCUT2D eigenvalue weighted by molar-refractivity contribution is -0.137. The molecule has 0 radical (unpaired) electrons. The molecule has 1 aliphatic rings. The van der Waals surface area contributed by atoms with Crippen LogP contribution in [0.2, 0.25) is 5.02 Å². The fraction of sp³-hybridized carbons (Fsp3) is 0.381. The average Bonchev–Trinajstić information content (AvgIpc) is 3.12. The molecule has 1 aliphatic heterocycles. The number of alkyl halides is 3. The number of anilines is 1. The van der Waals surface area contributed by atoms with E-state index in [0.717, 1.165) is 37.7 Å². The van der Waals surface area contributed by atoms with Gasteiger partial charge in [-0.1, -0.05) is 41.9 Å². The molecular weight excluding hydrogens is 403 g/mol. The third-order valence-corrected chi connectivity index (χ3v) is 5.40. The molecule has 1 heterocycles. The number of hydrogen-bond acceptors (Lipinski definition) is 2. The summed E-state index contributed by atoms with van der Waals surface area (Å²) < 4.78 is 38.9. The van der Waals surface area contributed by atoms with Gasteiger partial charge in [0.2, 0.25) is 0 Å². The fourth-order valence-electron chi connectivity index (χ4n) is 3.60. The molecule has 0 bridgehead atoms. The van der Waals surface area contributed by atoms with Gasteiger partial charge >= 0.3 is 12.2 Å². The molecule has 156 valence electrons. The van der Waals surface area contributed by atoms with Crippen LogP contribution in [0.1, 0.15) is 24.5 Å². The van der Waals surface area contributed by atoms with Crippen LogP contribution in [0.5, 0.6) is 0 Å². The summed E-state index contributed by atoms with van der Waals surface area (Å²) in [6.07, 6.45) is -3.69. The summed E-state index contributed by atoms with van der Waals surface area (Å²) in [5, 5.41) is 2.62. The van der Waals surface area contributed by atoms with Crippen LogP contribution in [0, 0.1) is 0 Å². The van der Waals surface area contributed by atoms with Crippen molar-refractivity contribution in [3.8, 4) is 0 Å². The lowest BCUT2D eigenvalue weighted by atomic mass is 10.2. The van der Waals surface area contributed by atoms with Crippen molar-refractivity contribution in [1.82, 2.24) is 9.80 Å². The van der Waals surface area contributed by atoms with Gasteiger partial charge in [0.05, 0.1) is 16.3 Å². The van der Waals surface area contributed by atoms with Gasteiger partial charge in [-0.15, -0.1) is 0 Å². The van der Waals surface area contributed by atoms with E-state index in [1.807, 2.05) is 25.1 Å². The van der Waals surface area contributed by atoms with Crippen molar-refractivity contribution in [2.45, 2.75) is 32.1 Å². The molecule has 1 unspecified atom stereocenters. The maximum atomic E-state index is 13.0. The lowest BCUT2D eigenvalue weighted by Gasteiger charge is -2.28. The van der Waals surface area contributed by atoms with E-state index in [4.69, 9.17) is 11.6 Å². The normalized spacial score (nSPS) is 17.3. The van der Waals surface area contributed by atoms with Crippen LogP contribution < -0.4 is 5.32 Å². The molecule has 3 rings (SSSR count). The number of nitrogens with zero attached hydrogens (tertiary/aromatic N) is 2. The molecule has 0 aliphatic carbocycles. The van der Waals surface area contributed by atoms with Crippen LogP contribution in [0.3, 0.4) is 0 Å². The summed E-state index contributed by atoms with van der Waals surface area (Å²) in [4.78, 5) is 16.7. The minimum atomic E-state index is -4.50. The molecule has 8 heteroatoms. The fourth-order valence-corrected chi connectivity index (χ4v) is 3.77. The Morgan fingerprint density at radius 3 is 2.62 bits per heavy atom. The number of benzene rings is 2. The first-order chi connectivity index (χ1) is 13.8. The Morgan fingerprint density at radius 2 is 1.97 bits per heavy atom. The standard InChI is InChI=1S/C21H23ClF3N3O/c1-2-28(17-10-11-27(14-17)13-15-6-4-3-5-7-15)20(29)26-19-12-16(21(23,24)25)8-9-18(19)22/h3-9,12,17H,2,10-11,13-14H2,1H3,(H,26,29). The van der Waals surface area contributed by atoms with Crippen LogP contribution in [0.15, 0.2) is 48.5 Å². The zero-order chi connectivity index (χ0) is 21.0. The summed E-state index contributed by atoms with van der Waals surface area (Å²) in [6, 6.07) is 12.5. The third-order valence-electron chi connectivity index (χ3n) is 5.07. The molecule has 1 saturated heterocycles. The summed E-state index contributed by atoms with van der Waals surface area (Å²) in [5.74, 6) is 0. The van der Waals surface area contributed by atoms with Crippen molar-refractivity contribution in [1.29, 1.82) is 0 Å². The van der Waals surface area contributed by atoms with E-state index in [9.17, 15) is 18.0 Å². The molecule has 0 saturated carbocycles.